The van der Waals surface area contributed by atoms with E-state index in [1.54, 1.807) is 7.11 Å². The number of hydrogen-bond donors (Lipinski definition) is 1. The van der Waals surface area contributed by atoms with Crippen LogP contribution in [-0.2, 0) is 16.0 Å². The molecule has 2 fully saturated rings. The first kappa shape index (κ1) is 19.5. The molecule has 6 nitrogen and oxygen atoms in total. The van der Waals surface area contributed by atoms with Gasteiger partial charge in [-0.05, 0) is 24.1 Å². The molecule has 0 bridgehead atoms. The zero-order valence-corrected chi connectivity index (χ0v) is 16.8. The summed E-state index contributed by atoms with van der Waals surface area (Å²) in [6, 6.07) is 17.8. The average Bonchev–Trinajstić information content (AvgIpc) is 3.06. The van der Waals surface area contributed by atoms with Crippen molar-refractivity contribution in [3.8, 4) is 5.75 Å². The third-order valence-electron chi connectivity index (χ3n) is 6.04. The van der Waals surface area contributed by atoms with E-state index >= 15 is 0 Å². The number of carbonyl (C=O) groups is 2. The summed E-state index contributed by atoms with van der Waals surface area (Å²) in [5.74, 6) is 0.831. The molecule has 152 valence electrons. The standard InChI is InChI=1S/C23H27N3O3/c1-29-21-10-6-5-9-19(21)24-13-15-25(16-14-24)20-17-22(27)26(23(20)28)12-11-18-7-3-2-4-8-18/h2-10,20H,11-17H2,1H3/p+1/t20-/m0/s1. The second-order valence-corrected chi connectivity index (χ2v) is 7.69. The molecular formula is C23H28N3O3+. The number of quaternary nitrogens is 1. The fraction of sp³-hybridized carbons (Fsp3) is 0.391. The summed E-state index contributed by atoms with van der Waals surface area (Å²) in [6.07, 6.45) is 1.04. The van der Waals surface area contributed by atoms with Crippen LogP contribution in [0.3, 0.4) is 0 Å². The molecule has 0 saturated carbocycles. The molecule has 2 aliphatic heterocycles. The van der Waals surface area contributed by atoms with Crippen LogP contribution in [-0.4, -0.2) is 62.6 Å². The lowest BCUT2D eigenvalue weighted by atomic mass is 10.1. The number of anilines is 1. The fourth-order valence-electron chi connectivity index (χ4n) is 4.40. The van der Waals surface area contributed by atoms with E-state index in [1.807, 2.05) is 48.5 Å². The zero-order valence-electron chi connectivity index (χ0n) is 16.8. The van der Waals surface area contributed by atoms with E-state index in [0.717, 1.165) is 43.2 Å². The van der Waals surface area contributed by atoms with Gasteiger partial charge in [-0.25, -0.2) is 0 Å². The van der Waals surface area contributed by atoms with Crippen LogP contribution in [0.4, 0.5) is 5.69 Å². The molecule has 0 radical (unpaired) electrons. The average molecular weight is 394 g/mol. The van der Waals surface area contributed by atoms with Crippen LogP contribution in [0, 0.1) is 0 Å². The van der Waals surface area contributed by atoms with E-state index in [4.69, 9.17) is 4.74 Å². The maximum Gasteiger partial charge on any atom is 0.288 e. The van der Waals surface area contributed by atoms with E-state index < -0.39 is 0 Å². The number of nitrogens with one attached hydrogen (secondary N) is 1. The van der Waals surface area contributed by atoms with E-state index in [-0.39, 0.29) is 17.9 Å². The highest BCUT2D eigenvalue weighted by molar-refractivity contribution is 6.04. The van der Waals surface area contributed by atoms with Crippen molar-refractivity contribution < 1.29 is 19.2 Å². The maximum absolute atomic E-state index is 12.9. The van der Waals surface area contributed by atoms with E-state index in [0.29, 0.717) is 19.4 Å². The third-order valence-corrected chi connectivity index (χ3v) is 6.04. The van der Waals surface area contributed by atoms with Gasteiger partial charge in [0.2, 0.25) is 5.91 Å². The van der Waals surface area contributed by atoms with Crippen molar-refractivity contribution in [2.45, 2.75) is 18.9 Å². The number of benzene rings is 2. The highest BCUT2D eigenvalue weighted by atomic mass is 16.5. The second-order valence-electron chi connectivity index (χ2n) is 7.69. The number of methoxy groups -OCH3 is 1. The fourth-order valence-corrected chi connectivity index (χ4v) is 4.40. The minimum absolute atomic E-state index is 0.00771. The van der Waals surface area contributed by atoms with Gasteiger partial charge in [0.15, 0.2) is 6.04 Å². The Balaban J connectivity index is 1.35. The molecule has 29 heavy (non-hydrogen) atoms. The smallest absolute Gasteiger partial charge is 0.288 e. The minimum atomic E-state index is -0.238. The van der Waals surface area contributed by atoms with Crippen molar-refractivity contribution in [3.05, 3.63) is 60.2 Å². The van der Waals surface area contributed by atoms with Crippen molar-refractivity contribution in [2.24, 2.45) is 0 Å². The summed E-state index contributed by atoms with van der Waals surface area (Å²) < 4.78 is 5.48. The summed E-state index contributed by atoms with van der Waals surface area (Å²) in [4.78, 5) is 30.4. The van der Waals surface area contributed by atoms with Gasteiger partial charge in [0.25, 0.3) is 5.91 Å². The van der Waals surface area contributed by atoms with Crippen LogP contribution in [0.25, 0.3) is 0 Å². The van der Waals surface area contributed by atoms with Crippen LogP contribution in [0.1, 0.15) is 12.0 Å². The SMILES string of the molecule is COc1ccccc1N1CC[NH+]([C@H]2CC(=O)N(CCc3ccccc3)C2=O)CC1. The highest BCUT2D eigenvalue weighted by Gasteiger charge is 2.45. The van der Waals surface area contributed by atoms with Crippen LogP contribution >= 0.6 is 0 Å². The number of nitrogens with zero attached hydrogens (tertiary/aromatic N) is 2. The molecule has 1 N–H and O–H groups in total. The molecule has 6 heteroatoms. The first-order chi connectivity index (χ1) is 14.2. The normalized spacial score (nSPS) is 20.4. The first-order valence-electron chi connectivity index (χ1n) is 10.3. The van der Waals surface area contributed by atoms with E-state index in [9.17, 15) is 9.59 Å². The lowest BCUT2D eigenvalue weighted by Gasteiger charge is -2.36. The number of ether oxygens (including phenoxy) is 1. The molecule has 0 aromatic heterocycles. The van der Waals surface area contributed by atoms with Crippen LogP contribution in [0.15, 0.2) is 54.6 Å². The number of rotatable bonds is 6. The molecule has 0 unspecified atom stereocenters. The summed E-state index contributed by atoms with van der Waals surface area (Å²) >= 11 is 0. The maximum atomic E-state index is 12.9. The number of amides is 2. The number of piperazine rings is 1. The van der Waals surface area contributed by atoms with Gasteiger partial charge in [0.05, 0.1) is 45.4 Å². The molecular weight excluding hydrogens is 366 g/mol. The molecule has 1 atom stereocenters. The molecule has 2 aromatic carbocycles. The number of imide groups is 1. The molecule has 0 aliphatic carbocycles. The predicted octanol–water partition coefficient (Wildman–Crippen LogP) is 0.770. The van der Waals surface area contributed by atoms with Crippen LogP contribution in [0.5, 0.6) is 5.75 Å². The molecule has 2 amide bonds. The minimum Gasteiger partial charge on any atom is -0.495 e. The number of hydrogen-bond acceptors (Lipinski definition) is 4. The number of para-hydroxylation sites is 2. The summed E-state index contributed by atoms with van der Waals surface area (Å²) in [6.45, 7) is 3.84. The summed E-state index contributed by atoms with van der Waals surface area (Å²) in [5, 5.41) is 0. The van der Waals surface area contributed by atoms with Gasteiger partial charge in [0, 0.05) is 6.54 Å². The van der Waals surface area contributed by atoms with Gasteiger partial charge in [-0.15, -0.1) is 0 Å². The van der Waals surface area contributed by atoms with Gasteiger partial charge >= 0.3 is 0 Å². The Bertz CT molecular complexity index is 863. The lowest BCUT2D eigenvalue weighted by molar-refractivity contribution is -0.915. The number of carbonyl (C=O) groups excluding carboxylic acids is 2. The lowest BCUT2D eigenvalue weighted by Crippen LogP contribution is -3.19. The van der Waals surface area contributed by atoms with Gasteiger partial charge in [-0.2, -0.15) is 0 Å². The van der Waals surface area contributed by atoms with Crippen LogP contribution in [0.2, 0.25) is 0 Å². The zero-order chi connectivity index (χ0) is 20.2. The van der Waals surface area contributed by atoms with Crippen molar-refractivity contribution in [1.29, 1.82) is 0 Å². The topological polar surface area (TPSA) is 54.3 Å². The van der Waals surface area contributed by atoms with Crippen molar-refractivity contribution in [3.63, 3.8) is 0 Å². The van der Waals surface area contributed by atoms with Crippen molar-refractivity contribution >= 4 is 17.5 Å². The van der Waals surface area contributed by atoms with Gasteiger partial charge < -0.3 is 14.5 Å². The summed E-state index contributed by atoms with van der Waals surface area (Å²) in [7, 11) is 1.69. The van der Waals surface area contributed by atoms with Gasteiger partial charge in [-0.1, -0.05) is 42.5 Å². The highest BCUT2D eigenvalue weighted by Crippen LogP contribution is 2.27. The first-order valence-corrected chi connectivity index (χ1v) is 10.3. The van der Waals surface area contributed by atoms with Crippen molar-refractivity contribution in [2.75, 3.05) is 44.7 Å². The Kier molecular flexibility index (Phi) is 5.81. The van der Waals surface area contributed by atoms with Crippen LogP contribution < -0.4 is 14.5 Å². The second kappa shape index (κ2) is 8.66. The predicted molar refractivity (Wildman–Crippen MR) is 111 cm³/mol. The van der Waals surface area contributed by atoms with Crippen molar-refractivity contribution in [1.82, 2.24) is 4.90 Å². The van der Waals surface area contributed by atoms with E-state index in [2.05, 4.69) is 11.0 Å². The Morgan fingerprint density at radius 2 is 1.69 bits per heavy atom. The Hall–Kier alpha value is -2.86. The quantitative estimate of drug-likeness (QED) is 0.736. The molecule has 2 aliphatic rings. The van der Waals surface area contributed by atoms with E-state index in [1.165, 1.54) is 9.80 Å². The molecule has 4 rings (SSSR count). The largest absolute Gasteiger partial charge is 0.495 e. The third kappa shape index (κ3) is 4.12. The molecule has 2 aromatic rings. The molecule has 2 heterocycles. The number of likely N-dealkylation sites (tertiary alicyclic amines) is 1. The monoisotopic (exact) mass is 394 g/mol. The Morgan fingerprint density at radius 3 is 2.41 bits per heavy atom. The Morgan fingerprint density at radius 1 is 1.00 bits per heavy atom. The molecule has 2 saturated heterocycles. The van der Waals surface area contributed by atoms with Gasteiger partial charge in [-0.3, -0.25) is 14.5 Å². The molecule has 0 spiro atoms. The summed E-state index contributed by atoms with van der Waals surface area (Å²) in [5.41, 5.74) is 2.24. The van der Waals surface area contributed by atoms with Gasteiger partial charge in [0.1, 0.15) is 5.75 Å². The Labute approximate surface area is 171 Å².